The minimum atomic E-state index is -0.608. The molecule has 3 rings (SSSR count). The first-order valence-electron chi connectivity index (χ1n) is 11.0. The van der Waals surface area contributed by atoms with E-state index in [0.29, 0.717) is 42.6 Å². The highest BCUT2D eigenvalue weighted by Gasteiger charge is 2.22. The summed E-state index contributed by atoms with van der Waals surface area (Å²) in [5.41, 5.74) is 15.8. The van der Waals surface area contributed by atoms with Gasteiger partial charge in [-0.2, -0.15) is 0 Å². The average molecular weight is 552 g/mol. The maximum atomic E-state index is 10.5. The monoisotopic (exact) mass is 550 g/mol. The molecule has 1 aliphatic rings. The number of benzene rings is 2. The molecular weight excluding hydrogens is 515 g/mol. The molecule has 11 heteroatoms. The van der Waals surface area contributed by atoms with E-state index >= 15 is 0 Å². The number of nitrogens with two attached hydrogens (primary N) is 2. The van der Waals surface area contributed by atoms with Gasteiger partial charge in [0, 0.05) is 12.2 Å². The van der Waals surface area contributed by atoms with E-state index in [0.717, 1.165) is 48.5 Å². The van der Waals surface area contributed by atoms with Crippen molar-refractivity contribution >= 4 is 60.7 Å². The Labute approximate surface area is 225 Å². The standard InChI is InChI=1S/C24H34N4O4.3ClH/c1-16-11-22(24(26)23(25)17(16)2)32-14-20(30)12-28-9-7-18(8-10-28)13-31-21-5-3-19(4-6-21)27-15-29;;;/h3-6,11,15,18,20,30H,7-10,12-14,25-26H2,1-2H3,(H,27,29);3*1H. The summed E-state index contributed by atoms with van der Waals surface area (Å²) in [7, 11) is 0. The second kappa shape index (κ2) is 15.8. The number of aryl methyl sites for hydroxylation is 1. The number of amides is 1. The number of nitrogen functional groups attached to an aromatic ring is 2. The third kappa shape index (κ3) is 9.46. The summed E-state index contributed by atoms with van der Waals surface area (Å²) in [4.78, 5) is 12.7. The largest absolute Gasteiger partial charge is 0.493 e. The van der Waals surface area contributed by atoms with Crippen LogP contribution in [0, 0.1) is 19.8 Å². The fourth-order valence-electron chi connectivity index (χ4n) is 3.85. The fraction of sp³-hybridized carbons (Fsp3) is 0.458. The molecule has 1 saturated heterocycles. The predicted octanol–water partition coefficient (Wildman–Crippen LogP) is 3.83. The normalized spacial score (nSPS) is 14.5. The van der Waals surface area contributed by atoms with Crippen LogP contribution in [0.4, 0.5) is 17.1 Å². The van der Waals surface area contributed by atoms with Crippen LogP contribution in [-0.2, 0) is 4.79 Å². The number of aliphatic hydroxyl groups is 1. The molecule has 0 aliphatic carbocycles. The SMILES string of the molecule is Cc1cc(OCC(O)CN2CCC(COc3ccc(NC=O)cc3)CC2)c(N)c(N)c1C.Cl.Cl.Cl. The number of nitrogens with zero attached hydrogens (tertiary/aromatic N) is 1. The van der Waals surface area contributed by atoms with Crippen molar-refractivity contribution in [3.63, 3.8) is 0 Å². The number of anilines is 3. The number of carbonyl (C=O) groups is 1. The molecule has 8 nitrogen and oxygen atoms in total. The lowest BCUT2D eigenvalue weighted by atomic mass is 9.97. The van der Waals surface area contributed by atoms with Crippen LogP contribution in [0.1, 0.15) is 24.0 Å². The molecule has 1 fully saturated rings. The van der Waals surface area contributed by atoms with Gasteiger partial charge in [0.05, 0.1) is 18.0 Å². The van der Waals surface area contributed by atoms with Crippen LogP contribution in [0.15, 0.2) is 30.3 Å². The Balaban J connectivity index is 0.00000385. The van der Waals surface area contributed by atoms with Crippen molar-refractivity contribution in [1.29, 1.82) is 0 Å². The number of aliphatic hydroxyl groups excluding tert-OH is 1. The van der Waals surface area contributed by atoms with Crippen molar-refractivity contribution in [3.05, 3.63) is 41.5 Å². The number of carbonyl (C=O) groups excluding carboxylic acids is 1. The number of likely N-dealkylation sites (tertiary alicyclic amines) is 1. The molecule has 1 atom stereocenters. The lowest BCUT2D eigenvalue weighted by molar-refractivity contribution is -0.105. The van der Waals surface area contributed by atoms with Gasteiger partial charge in [0.25, 0.3) is 0 Å². The summed E-state index contributed by atoms with van der Waals surface area (Å²) >= 11 is 0. The van der Waals surface area contributed by atoms with Crippen LogP contribution in [0.3, 0.4) is 0 Å². The van der Waals surface area contributed by atoms with Gasteiger partial charge in [0.15, 0.2) is 0 Å². The molecule has 2 aromatic carbocycles. The first kappa shape index (κ1) is 32.9. The van der Waals surface area contributed by atoms with Crippen LogP contribution >= 0.6 is 37.2 Å². The third-order valence-electron chi connectivity index (χ3n) is 6.07. The van der Waals surface area contributed by atoms with E-state index in [-0.39, 0.29) is 43.8 Å². The van der Waals surface area contributed by atoms with E-state index in [1.54, 1.807) is 0 Å². The molecule has 2 aromatic rings. The van der Waals surface area contributed by atoms with Gasteiger partial charge in [0.2, 0.25) is 6.41 Å². The van der Waals surface area contributed by atoms with E-state index in [9.17, 15) is 9.90 Å². The first-order valence-corrected chi connectivity index (χ1v) is 11.0. The van der Waals surface area contributed by atoms with Gasteiger partial charge in [0.1, 0.15) is 24.2 Å². The van der Waals surface area contributed by atoms with E-state index in [1.807, 2.05) is 44.2 Å². The molecule has 0 aromatic heterocycles. The maximum Gasteiger partial charge on any atom is 0.211 e. The van der Waals surface area contributed by atoms with Crippen molar-refractivity contribution in [2.24, 2.45) is 5.92 Å². The Morgan fingerprint density at radius 2 is 1.71 bits per heavy atom. The zero-order valence-corrected chi connectivity index (χ0v) is 22.5. The number of β-amino-alcohol motifs (C(OH)–C–C–N with tert-alkyl or cyclic N) is 1. The van der Waals surface area contributed by atoms with Crippen LogP contribution in [0.25, 0.3) is 0 Å². The highest BCUT2D eigenvalue weighted by molar-refractivity contribution is 5.86. The number of hydrogen-bond donors (Lipinski definition) is 4. The van der Waals surface area contributed by atoms with Gasteiger partial charge >= 0.3 is 0 Å². The second-order valence-corrected chi connectivity index (χ2v) is 8.45. The van der Waals surface area contributed by atoms with E-state index in [4.69, 9.17) is 20.9 Å². The summed E-state index contributed by atoms with van der Waals surface area (Å²) in [6, 6.07) is 9.21. The molecule has 1 aliphatic heterocycles. The molecule has 35 heavy (non-hydrogen) atoms. The lowest BCUT2D eigenvalue weighted by Gasteiger charge is -2.33. The highest BCUT2D eigenvalue weighted by atomic mass is 35.5. The minimum absolute atomic E-state index is 0. The molecule has 1 unspecified atom stereocenters. The molecule has 0 saturated carbocycles. The van der Waals surface area contributed by atoms with Gasteiger partial charge in [-0.3, -0.25) is 4.79 Å². The van der Waals surface area contributed by atoms with Crippen molar-refractivity contribution in [2.75, 3.05) is 49.6 Å². The average Bonchev–Trinajstić information content (AvgIpc) is 2.80. The third-order valence-corrected chi connectivity index (χ3v) is 6.07. The first-order chi connectivity index (χ1) is 15.4. The van der Waals surface area contributed by atoms with Gasteiger partial charge in [-0.15, -0.1) is 37.2 Å². The van der Waals surface area contributed by atoms with Crippen LogP contribution < -0.4 is 26.3 Å². The topological polar surface area (TPSA) is 123 Å². The smallest absolute Gasteiger partial charge is 0.211 e. The minimum Gasteiger partial charge on any atom is -0.493 e. The number of rotatable bonds is 10. The van der Waals surface area contributed by atoms with Crippen molar-refractivity contribution in [2.45, 2.75) is 32.8 Å². The van der Waals surface area contributed by atoms with E-state index in [1.165, 1.54) is 0 Å². The van der Waals surface area contributed by atoms with Crippen molar-refractivity contribution in [1.82, 2.24) is 4.90 Å². The van der Waals surface area contributed by atoms with E-state index in [2.05, 4.69) is 10.2 Å². The van der Waals surface area contributed by atoms with Gasteiger partial charge in [-0.1, -0.05) is 0 Å². The quantitative estimate of drug-likeness (QED) is 0.261. The molecule has 6 N–H and O–H groups in total. The Morgan fingerprint density at radius 1 is 1.09 bits per heavy atom. The molecule has 0 radical (unpaired) electrons. The zero-order chi connectivity index (χ0) is 23.1. The fourth-order valence-corrected chi connectivity index (χ4v) is 3.85. The number of hydrogen-bond acceptors (Lipinski definition) is 7. The van der Waals surface area contributed by atoms with Crippen LogP contribution in [-0.4, -0.2) is 55.4 Å². The molecule has 0 bridgehead atoms. The lowest BCUT2D eigenvalue weighted by Crippen LogP contribution is -2.41. The summed E-state index contributed by atoms with van der Waals surface area (Å²) in [5.74, 6) is 1.80. The number of ether oxygens (including phenoxy) is 2. The van der Waals surface area contributed by atoms with Gasteiger partial charge < -0.3 is 36.3 Å². The summed E-state index contributed by atoms with van der Waals surface area (Å²) in [5, 5.41) is 13.0. The highest BCUT2D eigenvalue weighted by Crippen LogP contribution is 2.33. The van der Waals surface area contributed by atoms with Crippen molar-refractivity contribution in [3.8, 4) is 11.5 Å². The summed E-state index contributed by atoms with van der Waals surface area (Å²) < 4.78 is 11.7. The Hall–Kier alpha value is -2.10. The predicted molar refractivity (Wildman–Crippen MR) is 149 cm³/mol. The summed E-state index contributed by atoms with van der Waals surface area (Å²) in [6.45, 7) is 7.09. The van der Waals surface area contributed by atoms with Crippen LogP contribution in [0.5, 0.6) is 11.5 Å². The molecule has 1 heterocycles. The molecular formula is C24H37Cl3N4O4. The maximum absolute atomic E-state index is 10.5. The van der Waals surface area contributed by atoms with E-state index < -0.39 is 6.10 Å². The zero-order valence-electron chi connectivity index (χ0n) is 20.1. The second-order valence-electron chi connectivity index (χ2n) is 8.45. The van der Waals surface area contributed by atoms with Gasteiger partial charge in [-0.25, -0.2) is 0 Å². The Bertz CT molecular complexity index is 911. The van der Waals surface area contributed by atoms with Gasteiger partial charge in [-0.05, 0) is 87.2 Å². The molecule has 0 spiro atoms. The molecule has 1 amide bonds. The summed E-state index contributed by atoms with van der Waals surface area (Å²) in [6.07, 6.45) is 2.07. The molecule has 198 valence electrons. The Morgan fingerprint density at radius 3 is 2.31 bits per heavy atom. The van der Waals surface area contributed by atoms with Crippen molar-refractivity contribution < 1.29 is 19.4 Å². The number of halogens is 3. The number of nitrogens with one attached hydrogen (secondary N) is 1. The number of piperidine rings is 1. The Kier molecular flexibility index (Phi) is 14.9. The van der Waals surface area contributed by atoms with Crippen LogP contribution in [0.2, 0.25) is 0 Å².